The lowest BCUT2D eigenvalue weighted by molar-refractivity contribution is -0.140. The van der Waals surface area contributed by atoms with Crippen molar-refractivity contribution in [2.45, 2.75) is 12.5 Å². The molecule has 0 radical (unpaired) electrons. The number of hydrogen-bond donors (Lipinski definition) is 3. The van der Waals surface area contributed by atoms with Crippen LogP contribution in [0, 0.1) is 0 Å². The number of amides is 1. The summed E-state index contributed by atoms with van der Waals surface area (Å²) < 4.78 is 10.2. The highest BCUT2D eigenvalue weighted by molar-refractivity contribution is 5.95. The summed E-state index contributed by atoms with van der Waals surface area (Å²) in [6, 6.07) is 3.96. The molecule has 0 bridgehead atoms. The Hall–Kier alpha value is -2.54. The predicted octanol–water partition coefficient (Wildman–Crippen LogP) is 1.26. The summed E-state index contributed by atoms with van der Waals surface area (Å²) in [4.78, 5) is 23.1. The topological polar surface area (TPSA) is 96.9 Å². The first kappa shape index (κ1) is 17.5. The summed E-state index contributed by atoms with van der Waals surface area (Å²) in [6.45, 7) is 3.79. The molecule has 0 aromatic heterocycles. The maximum Gasteiger partial charge on any atom is 0.321 e. The minimum absolute atomic E-state index is 0.219. The van der Waals surface area contributed by atoms with Gasteiger partial charge in [0.25, 0.3) is 0 Å². The Morgan fingerprint density at radius 1 is 1.36 bits per heavy atom. The summed E-state index contributed by atoms with van der Waals surface area (Å²) in [5.74, 6) is -0.541. The molecule has 3 N–H and O–H groups in total. The standard InChI is InChI=1S/C15H20N2O5/c1-4-7-16-12(15(19)20)9-14(18)17-11-8-10(21-2)5-6-13(11)22-3/h4-6,8,12,16H,1,7,9H2,2-3H3,(H,17,18)(H,19,20). The molecule has 7 nitrogen and oxygen atoms in total. The van der Waals surface area contributed by atoms with Crippen LogP contribution in [0.4, 0.5) is 5.69 Å². The van der Waals surface area contributed by atoms with Crippen molar-refractivity contribution < 1.29 is 24.2 Å². The number of aliphatic carboxylic acids is 1. The molecular weight excluding hydrogens is 288 g/mol. The van der Waals surface area contributed by atoms with E-state index in [0.717, 1.165) is 0 Å². The van der Waals surface area contributed by atoms with Crippen LogP contribution in [-0.2, 0) is 9.59 Å². The molecule has 0 saturated carbocycles. The number of carbonyl (C=O) groups excluding carboxylic acids is 1. The minimum Gasteiger partial charge on any atom is -0.497 e. The van der Waals surface area contributed by atoms with E-state index >= 15 is 0 Å². The second-order valence-electron chi connectivity index (χ2n) is 4.41. The first-order valence-electron chi connectivity index (χ1n) is 6.60. The van der Waals surface area contributed by atoms with Gasteiger partial charge in [-0.2, -0.15) is 0 Å². The number of carboxylic acids is 1. The second kappa shape index (κ2) is 8.68. The maximum atomic E-state index is 12.0. The Bertz CT molecular complexity index is 545. The molecular formula is C15H20N2O5. The molecule has 22 heavy (non-hydrogen) atoms. The van der Waals surface area contributed by atoms with E-state index in [2.05, 4.69) is 17.2 Å². The van der Waals surface area contributed by atoms with Crippen LogP contribution in [0.3, 0.4) is 0 Å². The van der Waals surface area contributed by atoms with Crippen molar-refractivity contribution in [2.24, 2.45) is 0 Å². The number of methoxy groups -OCH3 is 2. The Labute approximate surface area is 128 Å². The van der Waals surface area contributed by atoms with E-state index in [4.69, 9.17) is 14.6 Å². The summed E-state index contributed by atoms with van der Waals surface area (Å²) in [5, 5.41) is 14.4. The summed E-state index contributed by atoms with van der Waals surface area (Å²) in [7, 11) is 2.98. The van der Waals surface area contributed by atoms with Gasteiger partial charge in [0.1, 0.15) is 17.5 Å². The third-order valence-corrected chi connectivity index (χ3v) is 2.88. The number of ether oxygens (including phenoxy) is 2. The Morgan fingerprint density at radius 2 is 2.09 bits per heavy atom. The Balaban J connectivity index is 2.78. The molecule has 1 rings (SSSR count). The Kier molecular flexibility index (Phi) is 6.91. The predicted molar refractivity (Wildman–Crippen MR) is 82.4 cm³/mol. The fourth-order valence-electron chi connectivity index (χ4n) is 1.77. The van der Waals surface area contributed by atoms with Crippen LogP contribution in [0.25, 0.3) is 0 Å². The summed E-state index contributed by atoms with van der Waals surface area (Å²) >= 11 is 0. The van der Waals surface area contributed by atoms with Gasteiger partial charge in [0.2, 0.25) is 5.91 Å². The number of hydrogen-bond acceptors (Lipinski definition) is 5. The SMILES string of the molecule is C=CCNC(CC(=O)Nc1cc(OC)ccc1OC)C(=O)O. The molecule has 0 fully saturated rings. The molecule has 0 heterocycles. The van der Waals surface area contributed by atoms with Crippen LogP contribution in [0.15, 0.2) is 30.9 Å². The lowest BCUT2D eigenvalue weighted by Crippen LogP contribution is -2.39. The lowest BCUT2D eigenvalue weighted by Gasteiger charge is -2.15. The molecule has 1 aromatic carbocycles. The molecule has 0 aliphatic carbocycles. The number of carboxylic acid groups (broad SMARTS) is 1. The highest BCUT2D eigenvalue weighted by Crippen LogP contribution is 2.28. The van der Waals surface area contributed by atoms with E-state index in [0.29, 0.717) is 23.7 Å². The van der Waals surface area contributed by atoms with E-state index < -0.39 is 17.9 Å². The van der Waals surface area contributed by atoms with Crippen LogP contribution in [0.5, 0.6) is 11.5 Å². The molecule has 7 heteroatoms. The van der Waals surface area contributed by atoms with Gasteiger partial charge in [-0.05, 0) is 12.1 Å². The zero-order valence-electron chi connectivity index (χ0n) is 12.6. The minimum atomic E-state index is -1.10. The number of benzene rings is 1. The smallest absolute Gasteiger partial charge is 0.321 e. The van der Waals surface area contributed by atoms with Gasteiger partial charge < -0.3 is 25.2 Å². The van der Waals surface area contributed by atoms with Crippen LogP contribution >= 0.6 is 0 Å². The van der Waals surface area contributed by atoms with E-state index in [9.17, 15) is 9.59 Å². The number of rotatable bonds is 9. The van der Waals surface area contributed by atoms with Crippen molar-refractivity contribution in [2.75, 3.05) is 26.1 Å². The van der Waals surface area contributed by atoms with E-state index in [1.165, 1.54) is 20.3 Å². The average molecular weight is 308 g/mol. The third-order valence-electron chi connectivity index (χ3n) is 2.88. The summed E-state index contributed by atoms with van der Waals surface area (Å²) in [5.41, 5.74) is 0.416. The number of nitrogens with one attached hydrogen (secondary N) is 2. The van der Waals surface area contributed by atoms with Crippen molar-refractivity contribution in [1.82, 2.24) is 5.32 Å². The molecule has 0 saturated heterocycles. The van der Waals surface area contributed by atoms with Crippen LogP contribution in [0.1, 0.15) is 6.42 Å². The molecule has 1 aromatic rings. The second-order valence-corrected chi connectivity index (χ2v) is 4.41. The van der Waals surface area contributed by atoms with E-state index in [1.54, 1.807) is 18.2 Å². The number of anilines is 1. The van der Waals surface area contributed by atoms with Gasteiger partial charge in [-0.15, -0.1) is 6.58 Å². The zero-order chi connectivity index (χ0) is 16.5. The molecule has 1 amide bonds. The summed E-state index contributed by atoms with van der Waals surface area (Å²) in [6.07, 6.45) is 1.31. The lowest BCUT2D eigenvalue weighted by atomic mass is 10.2. The average Bonchev–Trinajstić information content (AvgIpc) is 2.50. The fraction of sp³-hybridized carbons (Fsp3) is 0.333. The largest absolute Gasteiger partial charge is 0.497 e. The quantitative estimate of drug-likeness (QED) is 0.594. The number of carbonyl (C=O) groups is 2. The fourth-order valence-corrected chi connectivity index (χ4v) is 1.77. The van der Waals surface area contributed by atoms with Crippen LogP contribution < -0.4 is 20.1 Å². The van der Waals surface area contributed by atoms with Crippen molar-refractivity contribution in [3.8, 4) is 11.5 Å². The molecule has 1 unspecified atom stereocenters. The van der Waals surface area contributed by atoms with Gasteiger partial charge in [0, 0.05) is 12.6 Å². The highest BCUT2D eigenvalue weighted by atomic mass is 16.5. The van der Waals surface area contributed by atoms with Crippen molar-refractivity contribution in [1.29, 1.82) is 0 Å². The van der Waals surface area contributed by atoms with Gasteiger partial charge >= 0.3 is 5.97 Å². The molecule has 0 aliphatic heterocycles. The van der Waals surface area contributed by atoms with Gasteiger partial charge in [-0.1, -0.05) is 6.08 Å². The maximum absolute atomic E-state index is 12.0. The van der Waals surface area contributed by atoms with E-state index in [1.807, 2.05) is 0 Å². The van der Waals surface area contributed by atoms with Crippen molar-refractivity contribution >= 4 is 17.6 Å². The molecule has 1 atom stereocenters. The molecule has 0 spiro atoms. The van der Waals surface area contributed by atoms with Gasteiger partial charge in [0.15, 0.2) is 0 Å². The van der Waals surface area contributed by atoms with E-state index in [-0.39, 0.29) is 6.42 Å². The van der Waals surface area contributed by atoms with Gasteiger partial charge in [-0.25, -0.2) is 0 Å². The normalized spacial score (nSPS) is 11.4. The van der Waals surface area contributed by atoms with Gasteiger partial charge in [0.05, 0.1) is 26.3 Å². The van der Waals surface area contributed by atoms with Crippen molar-refractivity contribution in [3.63, 3.8) is 0 Å². The van der Waals surface area contributed by atoms with Gasteiger partial charge in [-0.3, -0.25) is 9.59 Å². The van der Waals surface area contributed by atoms with Crippen LogP contribution in [0.2, 0.25) is 0 Å². The first-order chi connectivity index (χ1) is 10.5. The molecule has 0 aliphatic rings. The first-order valence-corrected chi connectivity index (χ1v) is 6.60. The molecule has 120 valence electrons. The Morgan fingerprint density at radius 3 is 2.64 bits per heavy atom. The monoisotopic (exact) mass is 308 g/mol. The zero-order valence-corrected chi connectivity index (χ0v) is 12.6. The van der Waals surface area contributed by atoms with Crippen molar-refractivity contribution in [3.05, 3.63) is 30.9 Å². The third kappa shape index (κ3) is 5.10. The highest BCUT2D eigenvalue weighted by Gasteiger charge is 2.21. The van der Waals surface area contributed by atoms with Crippen LogP contribution in [-0.4, -0.2) is 43.8 Å².